The molecule has 0 saturated heterocycles. The Kier molecular flexibility index (Phi) is 3.18. The van der Waals surface area contributed by atoms with Gasteiger partial charge in [-0.1, -0.05) is 0 Å². The van der Waals surface area contributed by atoms with Gasteiger partial charge in [0.05, 0.1) is 11.8 Å². The Morgan fingerprint density at radius 1 is 0.944 bits per heavy atom. The molecule has 2 rings (SSSR count). The fourth-order valence-corrected chi connectivity index (χ4v) is 1.27. The summed E-state index contributed by atoms with van der Waals surface area (Å²) < 4.78 is 55.0. The number of hydrogen-bond donors (Lipinski definition) is 0. The van der Waals surface area contributed by atoms with Gasteiger partial charge >= 0.3 is 6.18 Å². The van der Waals surface area contributed by atoms with E-state index in [1.165, 1.54) is 12.1 Å². The number of aromatic nitrogens is 1. The van der Waals surface area contributed by atoms with E-state index < -0.39 is 17.6 Å². The van der Waals surface area contributed by atoms with Crippen molar-refractivity contribution in [3.05, 3.63) is 54.1 Å². The van der Waals surface area contributed by atoms with Gasteiger partial charge in [0.1, 0.15) is 17.3 Å². The summed E-state index contributed by atoms with van der Waals surface area (Å²) in [6.07, 6.45) is -2.62. The van der Waals surface area contributed by atoms with Crippen LogP contribution in [0.4, 0.5) is 17.6 Å². The molecule has 0 atom stereocenters. The molecule has 0 fully saturated rings. The van der Waals surface area contributed by atoms with Gasteiger partial charge in [0.2, 0.25) is 0 Å². The van der Waals surface area contributed by atoms with Crippen LogP contribution in [0.1, 0.15) is 5.56 Å². The zero-order chi connectivity index (χ0) is 13.2. The predicted octanol–water partition coefficient (Wildman–Crippen LogP) is 4.03. The van der Waals surface area contributed by atoms with E-state index in [4.69, 9.17) is 4.74 Å². The minimum absolute atomic E-state index is 0.0589. The minimum Gasteiger partial charge on any atom is -0.456 e. The topological polar surface area (TPSA) is 22.1 Å². The molecule has 0 amide bonds. The minimum atomic E-state index is -4.48. The van der Waals surface area contributed by atoms with Crippen molar-refractivity contribution >= 4 is 0 Å². The number of ether oxygens (including phenoxy) is 1. The molecule has 1 heterocycles. The summed E-state index contributed by atoms with van der Waals surface area (Å²) in [5, 5.41) is 0. The molecule has 1 aromatic carbocycles. The van der Waals surface area contributed by atoms with Crippen molar-refractivity contribution in [3.63, 3.8) is 0 Å². The number of benzene rings is 1. The molecule has 0 radical (unpaired) electrons. The predicted molar refractivity (Wildman–Crippen MR) is 55.7 cm³/mol. The molecule has 2 nitrogen and oxygen atoms in total. The molecule has 0 bridgehead atoms. The average Bonchev–Trinajstić information content (AvgIpc) is 2.31. The first kappa shape index (κ1) is 12.3. The second kappa shape index (κ2) is 4.64. The highest BCUT2D eigenvalue weighted by atomic mass is 19.4. The number of nitrogens with zero attached hydrogens (tertiary/aromatic N) is 1. The van der Waals surface area contributed by atoms with Crippen molar-refractivity contribution < 1.29 is 22.3 Å². The molecule has 18 heavy (non-hydrogen) atoms. The van der Waals surface area contributed by atoms with Crippen molar-refractivity contribution in [3.8, 4) is 11.5 Å². The molecule has 0 saturated carbocycles. The third-order valence-corrected chi connectivity index (χ3v) is 2.09. The first-order valence-corrected chi connectivity index (χ1v) is 4.91. The molecule has 94 valence electrons. The standard InChI is InChI=1S/C12H7F4NO/c13-9-1-3-10(4-2-9)18-11-5-8(6-17-7-11)12(14,15)16/h1-7H. The van der Waals surface area contributed by atoms with Crippen LogP contribution in [0, 0.1) is 5.82 Å². The number of pyridine rings is 1. The number of alkyl halides is 3. The Hall–Kier alpha value is -2.11. The molecule has 0 aliphatic carbocycles. The van der Waals surface area contributed by atoms with Gasteiger partial charge in [-0.3, -0.25) is 4.98 Å². The lowest BCUT2D eigenvalue weighted by Crippen LogP contribution is -2.05. The molecule has 0 spiro atoms. The number of rotatable bonds is 2. The SMILES string of the molecule is Fc1ccc(Oc2cncc(C(F)(F)F)c2)cc1. The number of halogens is 4. The molecule has 0 N–H and O–H groups in total. The van der Waals surface area contributed by atoms with Crippen LogP contribution in [-0.2, 0) is 6.18 Å². The van der Waals surface area contributed by atoms with Crippen LogP contribution in [0.3, 0.4) is 0 Å². The van der Waals surface area contributed by atoms with E-state index >= 15 is 0 Å². The largest absolute Gasteiger partial charge is 0.456 e. The third kappa shape index (κ3) is 2.97. The summed E-state index contributed by atoms with van der Waals surface area (Å²) in [4.78, 5) is 3.45. The maximum Gasteiger partial charge on any atom is 0.418 e. The van der Waals surface area contributed by atoms with Crippen LogP contribution in [0.15, 0.2) is 42.7 Å². The Balaban J connectivity index is 2.22. The van der Waals surface area contributed by atoms with E-state index in [2.05, 4.69) is 4.98 Å². The molecule has 2 aromatic rings. The van der Waals surface area contributed by atoms with Gasteiger partial charge < -0.3 is 4.74 Å². The van der Waals surface area contributed by atoms with Crippen LogP contribution in [0.2, 0.25) is 0 Å². The first-order valence-electron chi connectivity index (χ1n) is 4.91. The van der Waals surface area contributed by atoms with E-state index in [1.807, 2.05) is 0 Å². The Morgan fingerprint density at radius 2 is 1.61 bits per heavy atom. The van der Waals surface area contributed by atoms with Gasteiger partial charge in [-0.05, 0) is 30.3 Å². The zero-order valence-electron chi connectivity index (χ0n) is 8.91. The van der Waals surface area contributed by atoms with Gasteiger partial charge in [0, 0.05) is 6.20 Å². The molecule has 1 aromatic heterocycles. The Morgan fingerprint density at radius 3 is 2.22 bits per heavy atom. The molecule has 6 heteroatoms. The zero-order valence-corrected chi connectivity index (χ0v) is 8.91. The normalized spacial score (nSPS) is 11.3. The van der Waals surface area contributed by atoms with Gasteiger partial charge in [0.15, 0.2) is 0 Å². The highest BCUT2D eigenvalue weighted by Crippen LogP contribution is 2.31. The lowest BCUT2D eigenvalue weighted by atomic mass is 10.2. The van der Waals surface area contributed by atoms with E-state index in [-0.39, 0.29) is 11.5 Å². The highest BCUT2D eigenvalue weighted by molar-refractivity contribution is 5.32. The van der Waals surface area contributed by atoms with Crippen LogP contribution >= 0.6 is 0 Å². The summed E-state index contributed by atoms with van der Waals surface area (Å²) in [5.41, 5.74) is -0.901. The molecular weight excluding hydrogens is 250 g/mol. The summed E-state index contributed by atoms with van der Waals surface area (Å²) in [6, 6.07) is 5.76. The maximum absolute atomic E-state index is 12.6. The molecular formula is C12H7F4NO. The third-order valence-electron chi connectivity index (χ3n) is 2.09. The summed E-state index contributed by atoms with van der Waals surface area (Å²) >= 11 is 0. The fourth-order valence-electron chi connectivity index (χ4n) is 1.27. The summed E-state index contributed by atoms with van der Waals surface area (Å²) in [5.74, 6) is -0.279. The van der Waals surface area contributed by atoms with E-state index in [0.29, 0.717) is 6.20 Å². The lowest BCUT2D eigenvalue weighted by Gasteiger charge is -2.09. The highest BCUT2D eigenvalue weighted by Gasteiger charge is 2.31. The van der Waals surface area contributed by atoms with Crippen molar-refractivity contribution in [2.45, 2.75) is 6.18 Å². The second-order valence-electron chi connectivity index (χ2n) is 3.46. The van der Waals surface area contributed by atoms with E-state index in [1.54, 1.807) is 0 Å². The van der Waals surface area contributed by atoms with Crippen molar-refractivity contribution in [1.82, 2.24) is 4.98 Å². The Bertz CT molecular complexity index is 537. The van der Waals surface area contributed by atoms with Gasteiger partial charge in [0.25, 0.3) is 0 Å². The fraction of sp³-hybridized carbons (Fsp3) is 0.0833. The van der Waals surface area contributed by atoms with Crippen molar-refractivity contribution in [2.24, 2.45) is 0 Å². The lowest BCUT2D eigenvalue weighted by molar-refractivity contribution is -0.137. The molecule has 0 aliphatic rings. The van der Waals surface area contributed by atoms with Crippen LogP contribution in [0.25, 0.3) is 0 Å². The van der Waals surface area contributed by atoms with Gasteiger partial charge in [-0.25, -0.2) is 4.39 Å². The van der Waals surface area contributed by atoms with Crippen LogP contribution < -0.4 is 4.74 Å². The van der Waals surface area contributed by atoms with Crippen molar-refractivity contribution in [2.75, 3.05) is 0 Å². The molecule has 0 unspecified atom stereocenters. The average molecular weight is 257 g/mol. The van der Waals surface area contributed by atoms with Gasteiger partial charge in [-0.2, -0.15) is 13.2 Å². The second-order valence-corrected chi connectivity index (χ2v) is 3.46. The summed E-state index contributed by atoms with van der Waals surface area (Å²) in [6.45, 7) is 0. The van der Waals surface area contributed by atoms with Gasteiger partial charge in [-0.15, -0.1) is 0 Å². The van der Waals surface area contributed by atoms with E-state index in [9.17, 15) is 17.6 Å². The Labute approximate surface area is 99.8 Å². The van der Waals surface area contributed by atoms with Crippen LogP contribution in [-0.4, -0.2) is 4.98 Å². The quantitative estimate of drug-likeness (QED) is 0.758. The van der Waals surface area contributed by atoms with E-state index in [0.717, 1.165) is 24.4 Å². The number of hydrogen-bond acceptors (Lipinski definition) is 2. The maximum atomic E-state index is 12.6. The summed E-state index contributed by atoms with van der Waals surface area (Å²) in [7, 11) is 0. The molecule has 0 aliphatic heterocycles. The monoisotopic (exact) mass is 257 g/mol. The first-order chi connectivity index (χ1) is 8.45. The van der Waals surface area contributed by atoms with Crippen molar-refractivity contribution in [1.29, 1.82) is 0 Å². The van der Waals surface area contributed by atoms with Crippen LogP contribution in [0.5, 0.6) is 11.5 Å². The smallest absolute Gasteiger partial charge is 0.418 e.